The van der Waals surface area contributed by atoms with Crippen LogP contribution in [0.15, 0.2) is 0 Å². The molecule has 0 saturated carbocycles. The quantitative estimate of drug-likeness (QED) is 0.765. The lowest BCUT2D eigenvalue weighted by atomic mass is 10.0. The van der Waals surface area contributed by atoms with Crippen LogP contribution in [-0.2, 0) is 20.0 Å². The minimum absolute atomic E-state index is 0.583. The first-order chi connectivity index (χ1) is 6.06. The van der Waals surface area contributed by atoms with Crippen LogP contribution in [0.3, 0.4) is 0 Å². The van der Waals surface area contributed by atoms with Crippen molar-refractivity contribution in [2.45, 2.75) is 33.7 Å². The van der Waals surface area contributed by atoms with Crippen molar-refractivity contribution >= 4 is 0 Å². The van der Waals surface area contributed by atoms with Crippen molar-refractivity contribution < 1.29 is 0 Å². The van der Waals surface area contributed by atoms with Crippen molar-refractivity contribution in [3.05, 3.63) is 17.0 Å². The van der Waals surface area contributed by atoms with Crippen LogP contribution in [0.2, 0.25) is 0 Å². The van der Waals surface area contributed by atoms with Gasteiger partial charge in [-0.3, -0.25) is 4.68 Å². The van der Waals surface area contributed by atoms with Gasteiger partial charge in [0.2, 0.25) is 0 Å². The fraction of sp³-hybridized carbons (Fsp3) is 0.700. The maximum Gasteiger partial charge on any atom is 0.0629 e. The highest BCUT2D eigenvalue weighted by Gasteiger charge is 2.12. The van der Waals surface area contributed by atoms with Gasteiger partial charge in [-0.1, -0.05) is 13.8 Å². The fourth-order valence-corrected chi connectivity index (χ4v) is 1.68. The largest absolute Gasteiger partial charge is 0.325 e. The number of hydrogen-bond acceptors (Lipinski definition) is 2. The van der Waals surface area contributed by atoms with E-state index < -0.39 is 0 Å². The van der Waals surface area contributed by atoms with E-state index in [4.69, 9.17) is 5.73 Å². The minimum Gasteiger partial charge on any atom is -0.325 e. The Bertz CT molecular complexity index is 287. The Kier molecular flexibility index (Phi) is 3.09. The molecule has 0 unspecified atom stereocenters. The molecule has 74 valence electrons. The van der Waals surface area contributed by atoms with Crippen molar-refractivity contribution in [2.75, 3.05) is 0 Å². The average molecular weight is 181 g/mol. The summed E-state index contributed by atoms with van der Waals surface area (Å²) in [5.41, 5.74) is 9.31. The molecular formula is C10H19N3. The number of hydrogen-bond donors (Lipinski definition) is 1. The Morgan fingerprint density at radius 3 is 2.54 bits per heavy atom. The maximum absolute atomic E-state index is 5.68. The smallest absolute Gasteiger partial charge is 0.0629 e. The summed E-state index contributed by atoms with van der Waals surface area (Å²) in [5, 5.41) is 4.37. The molecule has 0 saturated heterocycles. The molecule has 13 heavy (non-hydrogen) atoms. The molecule has 1 aromatic rings. The third-order valence-electron chi connectivity index (χ3n) is 2.28. The molecule has 0 aliphatic carbocycles. The highest BCUT2D eigenvalue weighted by atomic mass is 15.3. The van der Waals surface area contributed by atoms with Crippen LogP contribution in [0.4, 0.5) is 0 Å². The summed E-state index contributed by atoms with van der Waals surface area (Å²) in [6.45, 7) is 7.07. The van der Waals surface area contributed by atoms with Gasteiger partial charge in [0, 0.05) is 13.6 Å². The molecule has 0 spiro atoms. The second kappa shape index (κ2) is 3.92. The Hall–Kier alpha value is -0.830. The van der Waals surface area contributed by atoms with E-state index in [9.17, 15) is 0 Å². The van der Waals surface area contributed by atoms with Gasteiger partial charge in [0.1, 0.15) is 0 Å². The highest BCUT2D eigenvalue weighted by molar-refractivity contribution is 5.25. The molecule has 3 nitrogen and oxygen atoms in total. The Balaban J connectivity index is 3.02. The molecule has 0 atom stereocenters. The van der Waals surface area contributed by atoms with Gasteiger partial charge in [0.15, 0.2) is 0 Å². The second-order valence-electron chi connectivity index (χ2n) is 3.94. The fourth-order valence-electron chi connectivity index (χ4n) is 1.68. The summed E-state index contributed by atoms with van der Waals surface area (Å²) in [6.07, 6.45) is 1.08. The maximum atomic E-state index is 5.68. The molecule has 2 N–H and O–H groups in total. The second-order valence-corrected chi connectivity index (χ2v) is 3.94. The van der Waals surface area contributed by atoms with E-state index >= 15 is 0 Å². The third-order valence-corrected chi connectivity index (χ3v) is 2.28. The van der Waals surface area contributed by atoms with Crippen molar-refractivity contribution in [3.8, 4) is 0 Å². The van der Waals surface area contributed by atoms with Gasteiger partial charge in [0.25, 0.3) is 0 Å². The first kappa shape index (κ1) is 10.3. The predicted octanol–water partition coefficient (Wildman–Crippen LogP) is 1.39. The molecule has 0 aliphatic heterocycles. The van der Waals surface area contributed by atoms with Crippen LogP contribution in [0.5, 0.6) is 0 Å². The van der Waals surface area contributed by atoms with Gasteiger partial charge in [-0.25, -0.2) is 0 Å². The predicted molar refractivity (Wildman–Crippen MR) is 54.4 cm³/mol. The molecule has 1 heterocycles. The summed E-state index contributed by atoms with van der Waals surface area (Å²) >= 11 is 0. The van der Waals surface area contributed by atoms with Crippen LogP contribution in [0.25, 0.3) is 0 Å². The van der Waals surface area contributed by atoms with E-state index in [-0.39, 0.29) is 0 Å². The number of rotatable bonds is 3. The molecule has 1 rings (SSSR count). The topological polar surface area (TPSA) is 43.8 Å². The molecule has 0 radical (unpaired) electrons. The Morgan fingerprint density at radius 2 is 2.08 bits per heavy atom. The van der Waals surface area contributed by atoms with Crippen LogP contribution in [-0.4, -0.2) is 9.78 Å². The van der Waals surface area contributed by atoms with E-state index in [1.165, 1.54) is 11.3 Å². The zero-order valence-corrected chi connectivity index (χ0v) is 8.96. The molecule has 0 bridgehead atoms. The van der Waals surface area contributed by atoms with Gasteiger partial charge >= 0.3 is 0 Å². The lowest BCUT2D eigenvalue weighted by molar-refractivity contribution is 0.635. The number of nitrogens with two attached hydrogens (primary N) is 1. The Morgan fingerprint density at radius 1 is 1.46 bits per heavy atom. The first-order valence-electron chi connectivity index (χ1n) is 4.77. The molecule has 0 amide bonds. The summed E-state index contributed by atoms with van der Waals surface area (Å²) < 4.78 is 1.90. The van der Waals surface area contributed by atoms with Crippen molar-refractivity contribution in [3.63, 3.8) is 0 Å². The van der Waals surface area contributed by atoms with E-state index in [1.807, 2.05) is 11.7 Å². The van der Waals surface area contributed by atoms with Gasteiger partial charge in [-0.2, -0.15) is 5.10 Å². The first-order valence-corrected chi connectivity index (χ1v) is 4.77. The molecule has 0 aromatic carbocycles. The van der Waals surface area contributed by atoms with Crippen LogP contribution < -0.4 is 5.73 Å². The van der Waals surface area contributed by atoms with E-state index in [1.54, 1.807) is 0 Å². The summed E-state index contributed by atoms with van der Waals surface area (Å²) in [6, 6.07) is 0. The van der Waals surface area contributed by atoms with Gasteiger partial charge in [0.05, 0.1) is 11.4 Å². The summed E-state index contributed by atoms with van der Waals surface area (Å²) in [4.78, 5) is 0. The van der Waals surface area contributed by atoms with Crippen molar-refractivity contribution in [2.24, 2.45) is 18.7 Å². The van der Waals surface area contributed by atoms with Crippen molar-refractivity contribution in [1.82, 2.24) is 9.78 Å². The number of aromatic nitrogens is 2. The monoisotopic (exact) mass is 181 g/mol. The van der Waals surface area contributed by atoms with Crippen LogP contribution in [0.1, 0.15) is 30.8 Å². The lowest BCUT2D eigenvalue weighted by Gasteiger charge is -2.06. The zero-order valence-electron chi connectivity index (χ0n) is 8.96. The molecular weight excluding hydrogens is 162 g/mol. The standard InChI is InChI=1S/C10H19N3/c1-7(2)5-9-8(3)12-13(4)10(9)6-11/h7H,5-6,11H2,1-4H3. The highest BCUT2D eigenvalue weighted by Crippen LogP contribution is 2.16. The van der Waals surface area contributed by atoms with E-state index in [0.29, 0.717) is 12.5 Å². The SMILES string of the molecule is Cc1nn(C)c(CN)c1CC(C)C. The molecule has 3 heteroatoms. The van der Waals surface area contributed by atoms with Gasteiger partial charge < -0.3 is 5.73 Å². The summed E-state index contributed by atoms with van der Waals surface area (Å²) in [5.74, 6) is 0.660. The van der Waals surface area contributed by atoms with Gasteiger partial charge in [-0.05, 0) is 24.8 Å². The normalized spacial score (nSPS) is 11.2. The third kappa shape index (κ3) is 2.10. The average Bonchev–Trinajstić information content (AvgIpc) is 2.26. The zero-order chi connectivity index (χ0) is 10.0. The van der Waals surface area contributed by atoms with E-state index in [0.717, 1.165) is 12.1 Å². The molecule has 0 aliphatic rings. The van der Waals surface area contributed by atoms with Crippen LogP contribution >= 0.6 is 0 Å². The minimum atomic E-state index is 0.583. The molecule has 1 aromatic heterocycles. The summed E-state index contributed by atoms with van der Waals surface area (Å²) in [7, 11) is 1.96. The lowest BCUT2D eigenvalue weighted by Crippen LogP contribution is -2.08. The van der Waals surface area contributed by atoms with E-state index in [2.05, 4.69) is 25.9 Å². The molecule has 0 fully saturated rings. The Labute approximate surface area is 79.9 Å². The van der Waals surface area contributed by atoms with Gasteiger partial charge in [-0.15, -0.1) is 0 Å². The number of aryl methyl sites for hydroxylation is 2. The van der Waals surface area contributed by atoms with Crippen molar-refractivity contribution in [1.29, 1.82) is 0 Å². The van der Waals surface area contributed by atoms with Crippen LogP contribution in [0, 0.1) is 12.8 Å². The number of nitrogens with zero attached hydrogens (tertiary/aromatic N) is 2.